The molecule has 0 bridgehead atoms. The Balaban J connectivity index is 2.60. The molecule has 0 aliphatic heterocycles. The van der Waals surface area contributed by atoms with Gasteiger partial charge in [-0.15, -0.1) is 0 Å². The summed E-state index contributed by atoms with van der Waals surface area (Å²) in [4.78, 5) is 25.3. The lowest BCUT2D eigenvalue weighted by Gasteiger charge is -1.97. The molecule has 0 unspecified atom stereocenters. The van der Waals surface area contributed by atoms with E-state index >= 15 is 0 Å². The summed E-state index contributed by atoms with van der Waals surface area (Å²) in [6, 6.07) is 4.32. The normalized spacial score (nSPS) is 10.4. The van der Waals surface area contributed by atoms with Gasteiger partial charge in [-0.1, -0.05) is 23.2 Å². The maximum atomic E-state index is 10.9. The van der Waals surface area contributed by atoms with E-state index in [9.17, 15) is 9.59 Å². The second kappa shape index (κ2) is 4.91. The number of carboxylic acid groups (broad SMARTS) is 2. The SMILES string of the molecule is O=C(O)c1nc(-c2cc(Cl)cc(Cl)c2)oc1C(=O)O. The first-order chi connectivity index (χ1) is 8.88. The summed E-state index contributed by atoms with van der Waals surface area (Å²) in [7, 11) is 0. The lowest BCUT2D eigenvalue weighted by Crippen LogP contribution is -2.05. The fraction of sp³-hybridized carbons (Fsp3) is 0. The number of carboxylic acids is 2. The van der Waals surface area contributed by atoms with Crippen LogP contribution in [-0.4, -0.2) is 27.1 Å². The Kier molecular flexibility index (Phi) is 3.46. The van der Waals surface area contributed by atoms with Gasteiger partial charge < -0.3 is 14.6 Å². The Hall–Kier alpha value is -2.05. The van der Waals surface area contributed by atoms with Crippen LogP contribution in [0, 0.1) is 0 Å². The highest BCUT2D eigenvalue weighted by molar-refractivity contribution is 6.35. The molecular formula is C11H5Cl2NO5. The number of aromatic nitrogens is 1. The predicted molar refractivity (Wildman–Crippen MR) is 65.9 cm³/mol. The van der Waals surface area contributed by atoms with Crippen molar-refractivity contribution in [2.45, 2.75) is 0 Å². The van der Waals surface area contributed by atoms with Crippen LogP contribution in [0.25, 0.3) is 11.5 Å². The van der Waals surface area contributed by atoms with Crippen molar-refractivity contribution in [2.24, 2.45) is 0 Å². The maximum absolute atomic E-state index is 10.9. The van der Waals surface area contributed by atoms with Gasteiger partial charge in [0.25, 0.3) is 0 Å². The van der Waals surface area contributed by atoms with Crippen LogP contribution < -0.4 is 0 Å². The van der Waals surface area contributed by atoms with Gasteiger partial charge >= 0.3 is 11.9 Å². The van der Waals surface area contributed by atoms with Crippen molar-refractivity contribution in [3.05, 3.63) is 39.7 Å². The zero-order valence-electron chi connectivity index (χ0n) is 9.05. The van der Waals surface area contributed by atoms with Crippen molar-refractivity contribution >= 4 is 35.1 Å². The van der Waals surface area contributed by atoms with Crippen LogP contribution in [0.5, 0.6) is 0 Å². The molecule has 2 rings (SSSR count). The van der Waals surface area contributed by atoms with Crippen molar-refractivity contribution in [1.29, 1.82) is 0 Å². The number of benzene rings is 1. The minimum atomic E-state index is -1.52. The number of nitrogens with zero attached hydrogens (tertiary/aromatic N) is 1. The molecule has 0 saturated heterocycles. The number of rotatable bonds is 3. The fourth-order valence-electron chi connectivity index (χ4n) is 1.41. The number of halogens is 2. The summed E-state index contributed by atoms with van der Waals surface area (Å²) in [5, 5.41) is 18.3. The molecule has 1 aromatic carbocycles. The quantitative estimate of drug-likeness (QED) is 0.903. The number of oxazole rings is 1. The van der Waals surface area contributed by atoms with Crippen LogP contribution in [-0.2, 0) is 0 Å². The number of hydrogen-bond donors (Lipinski definition) is 2. The van der Waals surface area contributed by atoms with Gasteiger partial charge in [-0.2, -0.15) is 0 Å². The summed E-state index contributed by atoms with van der Waals surface area (Å²) in [6.45, 7) is 0. The first kappa shape index (κ1) is 13.4. The highest BCUT2D eigenvalue weighted by atomic mass is 35.5. The Morgan fingerprint density at radius 3 is 2.05 bits per heavy atom. The summed E-state index contributed by atoms with van der Waals surface area (Å²) in [5.74, 6) is -3.96. The second-order valence-electron chi connectivity index (χ2n) is 3.47. The minimum absolute atomic E-state index is 0.181. The molecule has 0 saturated carbocycles. The maximum Gasteiger partial charge on any atom is 0.374 e. The molecule has 1 aromatic heterocycles. The van der Waals surface area contributed by atoms with Crippen LogP contribution in [0.1, 0.15) is 21.0 Å². The molecule has 2 N–H and O–H groups in total. The Labute approximate surface area is 116 Å². The van der Waals surface area contributed by atoms with Crippen LogP contribution >= 0.6 is 23.2 Å². The van der Waals surface area contributed by atoms with Crippen molar-refractivity contribution in [2.75, 3.05) is 0 Å². The lowest BCUT2D eigenvalue weighted by molar-refractivity contribution is 0.0624. The minimum Gasteiger partial charge on any atom is -0.476 e. The highest BCUT2D eigenvalue weighted by Gasteiger charge is 2.25. The summed E-state index contributed by atoms with van der Waals surface area (Å²) in [5.41, 5.74) is -0.397. The van der Waals surface area contributed by atoms with Gasteiger partial charge in [0.2, 0.25) is 17.3 Å². The number of hydrogen-bond acceptors (Lipinski definition) is 4. The molecule has 1 heterocycles. The molecule has 8 heteroatoms. The monoisotopic (exact) mass is 301 g/mol. The van der Waals surface area contributed by atoms with E-state index in [0.717, 1.165) is 0 Å². The van der Waals surface area contributed by atoms with Crippen molar-refractivity contribution in [3.8, 4) is 11.5 Å². The van der Waals surface area contributed by atoms with E-state index in [1.54, 1.807) is 0 Å². The molecule has 0 aliphatic rings. The number of aromatic carboxylic acids is 2. The Morgan fingerprint density at radius 1 is 1.05 bits per heavy atom. The predicted octanol–water partition coefficient (Wildman–Crippen LogP) is 3.04. The Morgan fingerprint density at radius 2 is 1.63 bits per heavy atom. The average Bonchev–Trinajstić information content (AvgIpc) is 2.72. The third-order valence-corrected chi connectivity index (χ3v) is 2.57. The zero-order valence-corrected chi connectivity index (χ0v) is 10.6. The molecule has 0 aliphatic carbocycles. The fourth-order valence-corrected chi connectivity index (χ4v) is 1.94. The highest BCUT2D eigenvalue weighted by Crippen LogP contribution is 2.28. The molecule has 0 radical (unpaired) electrons. The van der Waals surface area contributed by atoms with Gasteiger partial charge in [0.15, 0.2) is 0 Å². The van der Waals surface area contributed by atoms with Gasteiger partial charge in [0.05, 0.1) is 0 Å². The molecule has 0 amide bonds. The topological polar surface area (TPSA) is 101 Å². The van der Waals surface area contributed by atoms with Crippen LogP contribution in [0.4, 0.5) is 0 Å². The van der Waals surface area contributed by atoms with Crippen LogP contribution in [0.15, 0.2) is 22.6 Å². The van der Waals surface area contributed by atoms with E-state index in [-0.39, 0.29) is 21.5 Å². The van der Waals surface area contributed by atoms with E-state index < -0.39 is 23.4 Å². The Bertz CT molecular complexity index is 628. The van der Waals surface area contributed by atoms with Crippen molar-refractivity contribution < 1.29 is 24.2 Å². The van der Waals surface area contributed by atoms with Gasteiger partial charge in [-0.25, -0.2) is 14.6 Å². The average molecular weight is 302 g/mol. The largest absolute Gasteiger partial charge is 0.476 e. The van der Waals surface area contributed by atoms with E-state index in [2.05, 4.69) is 4.98 Å². The molecule has 98 valence electrons. The molecular weight excluding hydrogens is 297 g/mol. The standard InChI is InChI=1S/C11H5Cl2NO5/c12-5-1-4(2-6(13)3-5)9-14-7(10(15)16)8(19-9)11(17)18/h1-3H,(H,15,16)(H,17,18). The van der Waals surface area contributed by atoms with E-state index in [1.807, 2.05) is 0 Å². The van der Waals surface area contributed by atoms with Gasteiger partial charge in [-0.3, -0.25) is 0 Å². The third-order valence-electron chi connectivity index (χ3n) is 2.13. The van der Waals surface area contributed by atoms with Crippen LogP contribution in [0.2, 0.25) is 10.0 Å². The number of carbonyl (C=O) groups is 2. The van der Waals surface area contributed by atoms with E-state index in [0.29, 0.717) is 0 Å². The molecule has 0 atom stereocenters. The smallest absolute Gasteiger partial charge is 0.374 e. The van der Waals surface area contributed by atoms with Gasteiger partial charge in [0.1, 0.15) is 0 Å². The third kappa shape index (κ3) is 2.69. The lowest BCUT2D eigenvalue weighted by atomic mass is 10.2. The summed E-state index contributed by atoms with van der Waals surface area (Å²) >= 11 is 11.6. The zero-order chi connectivity index (χ0) is 14.2. The van der Waals surface area contributed by atoms with E-state index in [4.69, 9.17) is 37.8 Å². The first-order valence-electron chi connectivity index (χ1n) is 4.82. The van der Waals surface area contributed by atoms with Gasteiger partial charge in [0, 0.05) is 15.6 Å². The van der Waals surface area contributed by atoms with Crippen LogP contribution in [0.3, 0.4) is 0 Å². The van der Waals surface area contributed by atoms with Gasteiger partial charge in [-0.05, 0) is 18.2 Å². The molecule has 2 aromatic rings. The first-order valence-corrected chi connectivity index (χ1v) is 5.58. The van der Waals surface area contributed by atoms with Crippen molar-refractivity contribution in [1.82, 2.24) is 4.98 Å². The van der Waals surface area contributed by atoms with E-state index in [1.165, 1.54) is 18.2 Å². The van der Waals surface area contributed by atoms with Crippen molar-refractivity contribution in [3.63, 3.8) is 0 Å². The molecule has 6 nitrogen and oxygen atoms in total. The molecule has 0 fully saturated rings. The summed E-state index contributed by atoms with van der Waals surface area (Å²) < 4.78 is 4.92. The second-order valence-corrected chi connectivity index (χ2v) is 4.34. The molecule has 19 heavy (non-hydrogen) atoms. The molecule has 0 spiro atoms. The summed E-state index contributed by atoms with van der Waals surface area (Å²) in [6.07, 6.45) is 0.